The molecule has 5 heteroatoms. The highest BCUT2D eigenvalue weighted by Gasteiger charge is 2.08. The molecule has 0 saturated carbocycles. The van der Waals surface area contributed by atoms with Crippen molar-refractivity contribution in [3.8, 4) is 5.88 Å². The third-order valence-corrected chi connectivity index (χ3v) is 3.75. The van der Waals surface area contributed by atoms with Gasteiger partial charge in [0.05, 0.1) is 6.61 Å². The van der Waals surface area contributed by atoms with Crippen molar-refractivity contribution in [2.75, 3.05) is 20.2 Å². The van der Waals surface area contributed by atoms with Crippen molar-refractivity contribution < 1.29 is 4.74 Å². The molecule has 24 heavy (non-hydrogen) atoms. The first kappa shape index (κ1) is 17.8. The largest absolute Gasteiger partial charge is 0.478 e. The lowest BCUT2D eigenvalue weighted by atomic mass is 10.0. The fourth-order valence-corrected chi connectivity index (χ4v) is 2.37. The highest BCUT2D eigenvalue weighted by atomic mass is 16.5. The Kier molecular flexibility index (Phi) is 7.08. The Hall–Kier alpha value is -2.56. The first-order valence-electron chi connectivity index (χ1n) is 8.30. The van der Waals surface area contributed by atoms with Gasteiger partial charge in [-0.25, -0.2) is 4.98 Å². The number of ether oxygens (including phenoxy) is 1. The Morgan fingerprint density at radius 2 is 1.96 bits per heavy atom. The van der Waals surface area contributed by atoms with Crippen molar-refractivity contribution in [3.63, 3.8) is 0 Å². The Balaban J connectivity index is 1.87. The normalized spacial score (nSPS) is 12.5. The molecule has 128 valence electrons. The molecular weight excluding hydrogens is 300 g/mol. The van der Waals surface area contributed by atoms with Crippen LogP contribution in [0.3, 0.4) is 0 Å². The van der Waals surface area contributed by atoms with Gasteiger partial charge in [-0.15, -0.1) is 0 Å². The molecule has 2 aromatic rings. The average Bonchev–Trinajstić information content (AvgIpc) is 2.64. The molecule has 1 aromatic carbocycles. The molecule has 1 aromatic heterocycles. The molecule has 0 amide bonds. The molecule has 0 saturated heterocycles. The maximum absolute atomic E-state index is 5.55. The zero-order chi connectivity index (χ0) is 17.2. The number of rotatable bonds is 7. The molecule has 0 spiro atoms. The van der Waals surface area contributed by atoms with Crippen molar-refractivity contribution in [2.45, 2.75) is 26.3 Å². The van der Waals surface area contributed by atoms with Crippen LogP contribution in [0.4, 0.5) is 0 Å². The van der Waals surface area contributed by atoms with Crippen molar-refractivity contribution in [1.82, 2.24) is 15.6 Å². The lowest BCUT2D eigenvalue weighted by molar-refractivity contribution is 0.322. The van der Waals surface area contributed by atoms with Gasteiger partial charge in [-0.3, -0.25) is 4.99 Å². The van der Waals surface area contributed by atoms with Crippen LogP contribution in [0, 0.1) is 0 Å². The summed E-state index contributed by atoms with van der Waals surface area (Å²) in [7, 11) is 1.77. The predicted molar refractivity (Wildman–Crippen MR) is 98.5 cm³/mol. The summed E-state index contributed by atoms with van der Waals surface area (Å²) in [5, 5.41) is 6.68. The molecule has 2 rings (SSSR count). The van der Waals surface area contributed by atoms with E-state index < -0.39 is 0 Å². The zero-order valence-corrected chi connectivity index (χ0v) is 14.6. The first-order valence-corrected chi connectivity index (χ1v) is 8.30. The summed E-state index contributed by atoms with van der Waals surface area (Å²) >= 11 is 0. The number of pyridine rings is 1. The Labute approximate surface area is 144 Å². The predicted octanol–water partition coefficient (Wildman–Crippen LogP) is 2.95. The van der Waals surface area contributed by atoms with Crippen LogP contribution < -0.4 is 15.4 Å². The van der Waals surface area contributed by atoms with E-state index in [1.165, 1.54) is 5.56 Å². The second-order valence-corrected chi connectivity index (χ2v) is 5.52. The van der Waals surface area contributed by atoms with Gasteiger partial charge >= 0.3 is 0 Å². The molecule has 0 aliphatic heterocycles. The van der Waals surface area contributed by atoms with E-state index in [0.717, 1.165) is 18.1 Å². The monoisotopic (exact) mass is 326 g/mol. The van der Waals surface area contributed by atoms with Gasteiger partial charge in [0.1, 0.15) is 0 Å². The SMILES string of the molecule is CCOc1ncccc1CNC(=NC)NCC(C)c1ccccc1. The maximum Gasteiger partial charge on any atom is 0.218 e. The molecular formula is C19H26N4O. The van der Waals surface area contributed by atoms with Gasteiger partial charge in [-0.1, -0.05) is 43.3 Å². The number of hydrogen-bond acceptors (Lipinski definition) is 3. The minimum absolute atomic E-state index is 0.405. The zero-order valence-electron chi connectivity index (χ0n) is 14.6. The first-order chi connectivity index (χ1) is 11.7. The topological polar surface area (TPSA) is 58.5 Å². The van der Waals surface area contributed by atoms with Gasteiger partial charge in [0.2, 0.25) is 5.88 Å². The van der Waals surface area contributed by atoms with Gasteiger partial charge in [-0.05, 0) is 24.5 Å². The number of guanidine groups is 1. The van der Waals surface area contributed by atoms with Gasteiger partial charge < -0.3 is 15.4 Å². The fourth-order valence-electron chi connectivity index (χ4n) is 2.37. The third-order valence-electron chi connectivity index (χ3n) is 3.75. The highest BCUT2D eigenvalue weighted by molar-refractivity contribution is 5.79. The number of aromatic nitrogens is 1. The number of hydrogen-bond donors (Lipinski definition) is 2. The van der Waals surface area contributed by atoms with Crippen LogP contribution in [0.25, 0.3) is 0 Å². The average molecular weight is 326 g/mol. The fraction of sp³-hybridized carbons (Fsp3) is 0.368. The number of nitrogens with zero attached hydrogens (tertiary/aromatic N) is 2. The van der Waals surface area contributed by atoms with Crippen LogP contribution in [0.2, 0.25) is 0 Å². The number of benzene rings is 1. The molecule has 5 nitrogen and oxygen atoms in total. The lowest BCUT2D eigenvalue weighted by Crippen LogP contribution is -2.38. The van der Waals surface area contributed by atoms with E-state index in [4.69, 9.17) is 4.74 Å². The molecule has 0 radical (unpaired) electrons. The second-order valence-electron chi connectivity index (χ2n) is 5.52. The molecule has 1 unspecified atom stereocenters. The van der Waals surface area contributed by atoms with E-state index in [9.17, 15) is 0 Å². The summed E-state index contributed by atoms with van der Waals surface area (Å²) in [5.74, 6) is 1.84. The van der Waals surface area contributed by atoms with Crippen LogP contribution in [-0.2, 0) is 6.54 Å². The standard InChI is InChI=1S/C19H26N4O/c1-4-24-18-17(11-8-12-21-18)14-23-19(20-3)22-13-15(2)16-9-6-5-7-10-16/h5-12,15H,4,13-14H2,1-3H3,(H2,20,22,23). The van der Waals surface area contributed by atoms with Crippen molar-refractivity contribution in [1.29, 1.82) is 0 Å². The van der Waals surface area contributed by atoms with Crippen molar-refractivity contribution >= 4 is 5.96 Å². The molecule has 0 aliphatic rings. The smallest absolute Gasteiger partial charge is 0.218 e. The van der Waals surface area contributed by atoms with E-state index in [1.807, 2.05) is 25.1 Å². The number of aliphatic imine (C=N–C) groups is 1. The van der Waals surface area contributed by atoms with Crippen LogP contribution in [0.1, 0.15) is 30.9 Å². The Morgan fingerprint density at radius 1 is 1.17 bits per heavy atom. The molecule has 0 bridgehead atoms. The maximum atomic E-state index is 5.55. The lowest BCUT2D eigenvalue weighted by Gasteiger charge is -2.17. The molecule has 0 fully saturated rings. The summed E-state index contributed by atoms with van der Waals surface area (Å²) in [6, 6.07) is 14.4. The Morgan fingerprint density at radius 3 is 2.67 bits per heavy atom. The van der Waals surface area contributed by atoms with Crippen molar-refractivity contribution in [2.24, 2.45) is 4.99 Å². The van der Waals surface area contributed by atoms with Crippen molar-refractivity contribution in [3.05, 3.63) is 59.8 Å². The van der Waals surface area contributed by atoms with Gasteiger partial charge in [0.25, 0.3) is 0 Å². The summed E-state index contributed by atoms with van der Waals surface area (Å²) < 4.78 is 5.55. The molecule has 0 aliphatic carbocycles. The third kappa shape index (κ3) is 5.26. The summed E-state index contributed by atoms with van der Waals surface area (Å²) in [5.41, 5.74) is 2.32. The minimum Gasteiger partial charge on any atom is -0.478 e. The quantitative estimate of drug-likeness (QED) is 0.607. The molecule has 1 heterocycles. The highest BCUT2D eigenvalue weighted by Crippen LogP contribution is 2.14. The van der Waals surface area contributed by atoms with Crippen LogP contribution in [-0.4, -0.2) is 31.1 Å². The van der Waals surface area contributed by atoms with Crippen LogP contribution in [0.5, 0.6) is 5.88 Å². The summed E-state index contributed by atoms with van der Waals surface area (Å²) in [6.45, 7) is 6.18. The van der Waals surface area contributed by atoms with Crippen LogP contribution >= 0.6 is 0 Å². The summed E-state index contributed by atoms with van der Waals surface area (Å²) in [6.07, 6.45) is 1.74. The van der Waals surface area contributed by atoms with E-state index in [0.29, 0.717) is 24.9 Å². The van der Waals surface area contributed by atoms with Gasteiger partial charge in [0, 0.05) is 31.9 Å². The van der Waals surface area contributed by atoms with Gasteiger partial charge in [-0.2, -0.15) is 0 Å². The van der Waals surface area contributed by atoms with E-state index in [2.05, 4.69) is 51.8 Å². The Bertz CT molecular complexity index is 643. The van der Waals surface area contributed by atoms with E-state index >= 15 is 0 Å². The van der Waals surface area contributed by atoms with E-state index in [1.54, 1.807) is 13.2 Å². The van der Waals surface area contributed by atoms with Gasteiger partial charge in [0.15, 0.2) is 5.96 Å². The molecule has 2 N–H and O–H groups in total. The number of nitrogens with one attached hydrogen (secondary N) is 2. The van der Waals surface area contributed by atoms with Crippen LogP contribution in [0.15, 0.2) is 53.7 Å². The van der Waals surface area contributed by atoms with E-state index in [-0.39, 0.29) is 0 Å². The summed E-state index contributed by atoms with van der Waals surface area (Å²) in [4.78, 5) is 8.54. The minimum atomic E-state index is 0.405. The second kappa shape index (κ2) is 9.55. The molecule has 1 atom stereocenters.